The fourth-order valence-electron chi connectivity index (χ4n) is 2.37. The zero-order chi connectivity index (χ0) is 13.2. The van der Waals surface area contributed by atoms with Crippen LogP contribution >= 0.6 is 0 Å². The van der Waals surface area contributed by atoms with Crippen LogP contribution in [0, 0.1) is 0 Å². The monoisotopic (exact) mass is 255 g/mol. The van der Waals surface area contributed by atoms with Crippen molar-refractivity contribution in [2.45, 2.75) is 19.3 Å². The van der Waals surface area contributed by atoms with Gasteiger partial charge in [0.1, 0.15) is 17.7 Å². The van der Waals surface area contributed by atoms with Crippen molar-refractivity contribution in [3.05, 3.63) is 47.4 Å². The first-order chi connectivity index (χ1) is 9.24. The summed E-state index contributed by atoms with van der Waals surface area (Å²) in [6.45, 7) is 0. The van der Waals surface area contributed by atoms with Gasteiger partial charge in [-0.2, -0.15) is 0 Å². The van der Waals surface area contributed by atoms with Crippen LogP contribution in [-0.4, -0.2) is 21.0 Å². The zero-order valence-electron chi connectivity index (χ0n) is 10.3. The fraction of sp³-hybridized carbons (Fsp3) is 0.214. The summed E-state index contributed by atoms with van der Waals surface area (Å²) in [5, 5.41) is 12.1. The highest BCUT2D eigenvalue weighted by Gasteiger charge is 2.14. The number of hydrogen-bond acceptors (Lipinski definition) is 4. The van der Waals surface area contributed by atoms with E-state index in [-0.39, 0.29) is 5.56 Å². The zero-order valence-corrected chi connectivity index (χ0v) is 10.3. The highest BCUT2D eigenvalue weighted by molar-refractivity contribution is 5.93. The van der Waals surface area contributed by atoms with Gasteiger partial charge >= 0.3 is 5.97 Å². The van der Waals surface area contributed by atoms with Crippen LogP contribution in [0.5, 0.6) is 0 Å². The van der Waals surface area contributed by atoms with Crippen molar-refractivity contribution in [3.63, 3.8) is 0 Å². The van der Waals surface area contributed by atoms with E-state index in [0.29, 0.717) is 5.82 Å². The third-order valence-electron chi connectivity index (χ3n) is 3.30. The van der Waals surface area contributed by atoms with Crippen molar-refractivity contribution in [2.24, 2.45) is 0 Å². The van der Waals surface area contributed by atoms with Crippen LogP contribution < -0.4 is 5.32 Å². The lowest BCUT2D eigenvalue weighted by molar-refractivity contribution is 0.0697. The molecule has 0 spiro atoms. The maximum absolute atomic E-state index is 11.1. The molecule has 3 rings (SSSR count). The number of benzene rings is 1. The molecule has 19 heavy (non-hydrogen) atoms. The van der Waals surface area contributed by atoms with Gasteiger partial charge in [0.15, 0.2) is 0 Å². The van der Waals surface area contributed by atoms with Crippen LogP contribution in [-0.2, 0) is 12.8 Å². The van der Waals surface area contributed by atoms with Gasteiger partial charge in [-0.3, -0.25) is 0 Å². The normalized spacial score (nSPS) is 13.1. The number of rotatable bonds is 3. The van der Waals surface area contributed by atoms with Crippen molar-refractivity contribution < 1.29 is 9.90 Å². The van der Waals surface area contributed by atoms with Crippen molar-refractivity contribution in [1.82, 2.24) is 9.97 Å². The van der Waals surface area contributed by atoms with Crippen molar-refractivity contribution in [1.29, 1.82) is 0 Å². The molecule has 0 saturated carbocycles. The Balaban J connectivity index is 1.91. The minimum absolute atomic E-state index is 0.0722. The summed E-state index contributed by atoms with van der Waals surface area (Å²) in [4.78, 5) is 18.8. The number of fused-ring (bicyclic) bond motifs is 1. The molecular weight excluding hydrogens is 242 g/mol. The van der Waals surface area contributed by atoms with E-state index >= 15 is 0 Å². The highest BCUT2D eigenvalue weighted by Crippen LogP contribution is 2.26. The summed E-state index contributed by atoms with van der Waals surface area (Å²) in [7, 11) is 0. The van der Waals surface area contributed by atoms with Crippen LogP contribution in [0.3, 0.4) is 0 Å². The third kappa shape index (κ3) is 2.27. The highest BCUT2D eigenvalue weighted by atomic mass is 16.4. The summed E-state index contributed by atoms with van der Waals surface area (Å²) < 4.78 is 0. The van der Waals surface area contributed by atoms with E-state index in [0.717, 1.165) is 18.5 Å². The second-order valence-corrected chi connectivity index (χ2v) is 4.55. The Morgan fingerprint density at radius 2 is 2.11 bits per heavy atom. The molecule has 0 atom stereocenters. The average molecular weight is 255 g/mol. The molecule has 1 aliphatic carbocycles. The number of carbonyl (C=O) groups is 1. The SMILES string of the molecule is O=C(O)c1cncnc1Nc1ccc2c(c1)CCC2. The minimum Gasteiger partial charge on any atom is -0.477 e. The van der Waals surface area contributed by atoms with Crippen LogP contribution in [0.25, 0.3) is 0 Å². The standard InChI is InChI=1S/C14H13N3O2/c18-14(19)12-7-15-8-16-13(12)17-11-5-4-9-2-1-3-10(9)6-11/h4-8H,1-3H2,(H,18,19)(H,15,16,17). The molecule has 2 aromatic rings. The number of anilines is 2. The quantitative estimate of drug-likeness (QED) is 0.880. The Labute approximate surface area is 110 Å². The van der Waals surface area contributed by atoms with E-state index in [1.807, 2.05) is 6.07 Å². The summed E-state index contributed by atoms with van der Waals surface area (Å²) in [6, 6.07) is 6.11. The summed E-state index contributed by atoms with van der Waals surface area (Å²) in [5.41, 5.74) is 3.65. The number of carboxylic acid groups (broad SMARTS) is 1. The van der Waals surface area contributed by atoms with Gasteiger partial charge in [0.25, 0.3) is 0 Å². The molecule has 0 unspecified atom stereocenters. The molecule has 2 N–H and O–H groups in total. The van der Waals surface area contributed by atoms with Gasteiger partial charge in [0, 0.05) is 11.9 Å². The molecule has 1 aliphatic rings. The molecule has 0 bridgehead atoms. The molecule has 0 radical (unpaired) electrons. The predicted octanol–water partition coefficient (Wildman–Crippen LogP) is 2.41. The summed E-state index contributed by atoms with van der Waals surface area (Å²) in [6.07, 6.45) is 6.03. The first-order valence-electron chi connectivity index (χ1n) is 6.16. The van der Waals surface area contributed by atoms with Gasteiger partial charge in [-0.25, -0.2) is 14.8 Å². The maximum Gasteiger partial charge on any atom is 0.341 e. The molecule has 96 valence electrons. The molecule has 0 saturated heterocycles. The predicted molar refractivity (Wildman–Crippen MR) is 70.7 cm³/mol. The molecule has 1 aromatic heterocycles. The molecule has 5 heteroatoms. The van der Waals surface area contributed by atoms with Crippen LogP contribution in [0.2, 0.25) is 0 Å². The molecule has 0 aliphatic heterocycles. The molecule has 0 amide bonds. The topological polar surface area (TPSA) is 75.1 Å². The van der Waals surface area contributed by atoms with Crippen LogP contribution in [0.1, 0.15) is 27.9 Å². The van der Waals surface area contributed by atoms with E-state index in [2.05, 4.69) is 27.4 Å². The average Bonchev–Trinajstić information content (AvgIpc) is 2.86. The third-order valence-corrected chi connectivity index (χ3v) is 3.30. The Hall–Kier alpha value is -2.43. The van der Waals surface area contributed by atoms with Crippen LogP contribution in [0.15, 0.2) is 30.7 Å². The van der Waals surface area contributed by atoms with Crippen molar-refractivity contribution in [3.8, 4) is 0 Å². The van der Waals surface area contributed by atoms with Gasteiger partial charge in [-0.1, -0.05) is 6.07 Å². The van der Waals surface area contributed by atoms with Crippen molar-refractivity contribution >= 4 is 17.5 Å². The van der Waals surface area contributed by atoms with Gasteiger partial charge in [-0.05, 0) is 42.5 Å². The Kier molecular flexibility index (Phi) is 2.87. The molecular formula is C14H13N3O2. The molecule has 1 aromatic carbocycles. The molecule has 0 fully saturated rings. The first-order valence-corrected chi connectivity index (χ1v) is 6.16. The van der Waals surface area contributed by atoms with E-state index in [1.165, 1.54) is 30.1 Å². The summed E-state index contributed by atoms with van der Waals surface area (Å²) >= 11 is 0. The second kappa shape index (κ2) is 4.68. The smallest absolute Gasteiger partial charge is 0.341 e. The lowest BCUT2D eigenvalue weighted by Gasteiger charge is -2.09. The van der Waals surface area contributed by atoms with Gasteiger partial charge in [0.2, 0.25) is 0 Å². The number of aromatic carboxylic acids is 1. The lowest BCUT2D eigenvalue weighted by atomic mass is 10.1. The van der Waals surface area contributed by atoms with E-state index in [9.17, 15) is 4.79 Å². The first kappa shape index (κ1) is 11.6. The van der Waals surface area contributed by atoms with Gasteiger partial charge in [0.05, 0.1) is 0 Å². The number of nitrogens with zero attached hydrogens (tertiary/aromatic N) is 2. The van der Waals surface area contributed by atoms with Crippen molar-refractivity contribution in [2.75, 3.05) is 5.32 Å². The fourth-order valence-corrected chi connectivity index (χ4v) is 2.37. The number of nitrogens with one attached hydrogen (secondary N) is 1. The lowest BCUT2D eigenvalue weighted by Crippen LogP contribution is -2.05. The maximum atomic E-state index is 11.1. The van der Waals surface area contributed by atoms with E-state index < -0.39 is 5.97 Å². The number of aromatic nitrogens is 2. The molecule has 5 nitrogen and oxygen atoms in total. The summed E-state index contributed by atoms with van der Waals surface area (Å²) in [5.74, 6) is -0.718. The van der Waals surface area contributed by atoms with E-state index in [4.69, 9.17) is 5.11 Å². The Morgan fingerprint density at radius 1 is 1.26 bits per heavy atom. The van der Waals surface area contributed by atoms with Crippen LogP contribution in [0.4, 0.5) is 11.5 Å². The largest absolute Gasteiger partial charge is 0.477 e. The Morgan fingerprint density at radius 3 is 2.95 bits per heavy atom. The van der Waals surface area contributed by atoms with Gasteiger partial charge in [-0.15, -0.1) is 0 Å². The number of hydrogen-bond donors (Lipinski definition) is 2. The van der Waals surface area contributed by atoms with Gasteiger partial charge < -0.3 is 10.4 Å². The number of carboxylic acids is 1. The second-order valence-electron chi connectivity index (χ2n) is 4.55. The molecule has 1 heterocycles. The number of aryl methyl sites for hydroxylation is 2. The Bertz CT molecular complexity index is 640. The van der Waals surface area contributed by atoms with E-state index in [1.54, 1.807) is 0 Å². The minimum atomic E-state index is -1.04.